The molecule has 4 nitrogen and oxygen atoms in total. The monoisotopic (exact) mass is 247 g/mol. The zero-order valence-corrected chi connectivity index (χ0v) is 10.1. The van der Waals surface area contributed by atoms with E-state index in [1.165, 1.54) is 12.1 Å². The molecule has 0 N–H and O–H groups in total. The lowest BCUT2D eigenvalue weighted by molar-refractivity contribution is 0.603. The summed E-state index contributed by atoms with van der Waals surface area (Å²) in [7, 11) is -3.66. The minimum absolute atomic E-state index is 0.169. The number of hydrogen-bond donors (Lipinski definition) is 0. The quantitative estimate of drug-likeness (QED) is 0.837. The van der Waals surface area contributed by atoms with Crippen molar-refractivity contribution in [1.82, 2.24) is 4.98 Å². The SMILES string of the molecule is Cc1ccc([N-]S(=O)(=O)c2ccccc2)nc1. The number of pyridine rings is 1. The van der Waals surface area contributed by atoms with Gasteiger partial charge in [0, 0.05) is 0 Å². The maximum absolute atomic E-state index is 11.9. The Morgan fingerprint density at radius 3 is 2.35 bits per heavy atom. The first-order valence-corrected chi connectivity index (χ1v) is 6.48. The molecule has 5 heteroatoms. The molecule has 1 heterocycles. The van der Waals surface area contributed by atoms with E-state index in [-0.39, 0.29) is 10.7 Å². The van der Waals surface area contributed by atoms with Gasteiger partial charge in [0.15, 0.2) is 0 Å². The number of sulfonamides is 1. The van der Waals surface area contributed by atoms with Crippen LogP contribution in [-0.4, -0.2) is 13.4 Å². The first-order chi connectivity index (χ1) is 8.08. The van der Waals surface area contributed by atoms with E-state index in [0.29, 0.717) is 0 Å². The van der Waals surface area contributed by atoms with Crippen LogP contribution in [0.4, 0.5) is 5.82 Å². The fourth-order valence-electron chi connectivity index (χ4n) is 1.28. The Balaban J connectivity index is 2.27. The number of aromatic nitrogens is 1. The zero-order valence-electron chi connectivity index (χ0n) is 9.24. The molecule has 0 saturated carbocycles. The molecule has 0 amide bonds. The largest absolute Gasteiger partial charge is 0.442 e. The lowest BCUT2D eigenvalue weighted by atomic mass is 10.3. The minimum Gasteiger partial charge on any atom is -0.442 e. The van der Waals surface area contributed by atoms with Gasteiger partial charge in [-0.3, -0.25) is 0 Å². The molecule has 17 heavy (non-hydrogen) atoms. The molecule has 0 spiro atoms. The number of nitrogens with zero attached hydrogens (tertiary/aromatic N) is 2. The van der Waals surface area contributed by atoms with Crippen LogP contribution >= 0.6 is 0 Å². The van der Waals surface area contributed by atoms with Crippen LogP contribution in [0.5, 0.6) is 0 Å². The Labute approximate surface area is 100 Å². The predicted octanol–water partition coefficient (Wildman–Crippen LogP) is 2.78. The minimum atomic E-state index is -3.66. The fourth-order valence-corrected chi connectivity index (χ4v) is 2.24. The fraction of sp³-hybridized carbons (Fsp3) is 0.0833. The molecule has 0 aliphatic rings. The predicted molar refractivity (Wildman–Crippen MR) is 65.6 cm³/mol. The van der Waals surface area contributed by atoms with E-state index in [0.717, 1.165) is 5.56 Å². The Kier molecular flexibility index (Phi) is 3.10. The van der Waals surface area contributed by atoms with E-state index in [1.54, 1.807) is 36.5 Å². The van der Waals surface area contributed by atoms with Gasteiger partial charge in [0.25, 0.3) is 0 Å². The van der Waals surface area contributed by atoms with Crippen molar-refractivity contribution < 1.29 is 8.42 Å². The highest BCUT2D eigenvalue weighted by atomic mass is 32.2. The molecule has 0 unspecified atom stereocenters. The molecular formula is C12H11N2O2S-. The van der Waals surface area contributed by atoms with Gasteiger partial charge < -0.3 is 9.71 Å². The van der Waals surface area contributed by atoms with E-state index in [1.807, 2.05) is 6.92 Å². The maximum atomic E-state index is 11.9. The molecule has 0 bridgehead atoms. The lowest BCUT2D eigenvalue weighted by Gasteiger charge is -2.15. The summed E-state index contributed by atoms with van der Waals surface area (Å²) in [5.74, 6) is 0.194. The molecule has 0 atom stereocenters. The van der Waals surface area contributed by atoms with Crippen molar-refractivity contribution >= 4 is 15.8 Å². The molecular weight excluding hydrogens is 236 g/mol. The summed E-state index contributed by atoms with van der Waals surface area (Å²) in [6.07, 6.45) is 1.58. The summed E-state index contributed by atoms with van der Waals surface area (Å²) in [6.45, 7) is 1.88. The highest BCUT2D eigenvalue weighted by Gasteiger charge is 2.07. The van der Waals surface area contributed by atoms with E-state index in [9.17, 15) is 8.42 Å². The van der Waals surface area contributed by atoms with Gasteiger partial charge in [0.05, 0.1) is 4.90 Å². The van der Waals surface area contributed by atoms with Gasteiger partial charge in [-0.25, -0.2) is 8.42 Å². The van der Waals surface area contributed by atoms with Gasteiger partial charge in [-0.2, -0.15) is 0 Å². The summed E-state index contributed by atoms with van der Waals surface area (Å²) >= 11 is 0. The summed E-state index contributed by atoms with van der Waals surface area (Å²) in [5.41, 5.74) is 0.959. The van der Waals surface area contributed by atoms with Gasteiger partial charge in [-0.15, -0.1) is 0 Å². The van der Waals surface area contributed by atoms with Gasteiger partial charge in [-0.05, 0) is 24.9 Å². The number of hydrogen-bond acceptors (Lipinski definition) is 3. The van der Waals surface area contributed by atoms with Crippen molar-refractivity contribution in [2.75, 3.05) is 0 Å². The summed E-state index contributed by atoms with van der Waals surface area (Å²) < 4.78 is 27.4. The average Bonchev–Trinajstić information content (AvgIpc) is 2.33. The first-order valence-electron chi connectivity index (χ1n) is 5.04. The van der Waals surface area contributed by atoms with Crippen molar-refractivity contribution in [2.45, 2.75) is 11.8 Å². The number of benzene rings is 1. The Morgan fingerprint density at radius 1 is 1.06 bits per heavy atom. The van der Waals surface area contributed by atoms with E-state index in [4.69, 9.17) is 0 Å². The van der Waals surface area contributed by atoms with Crippen LogP contribution in [-0.2, 0) is 10.0 Å². The van der Waals surface area contributed by atoms with Crippen molar-refractivity contribution in [1.29, 1.82) is 0 Å². The van der Waals surface area contributed by atoms with Crippen LogP contribution in [0.25, 0.3) is 4.72 Å². The van der Waals surface area contributed by atoms with Gasteiger partial charge in [-0.1, -0.05) is 42.1 Å². The Morgan fingerprint density at radius 2 is 1.76 bits per heavy atom. The third kappa shape index (κ3) is 2.82. The van der Waals surface area contributed by atoms with Crippen molar-refractivity contribution in [2.24, 2.45) is 0 Å². The first kappa shape index (κ1) is 11.6. The van der Waals surface area contributed by atoms with Gasteiger partial charge >= 0.3 is 0 Å². The average molecular weight is 247 g/mol. The van der Waals surface area contributed by atoms with Crippen LogP contribution in [0.3, 0.4) is 0 Å². The Bertz CT molecular complexity index is 592. The maximum Gasteiger partial charge on any atom is 0.202 e. The van der Waals surface area contributed by atoms with E-state index < -0.39 is 10.0 Å². The van der Waals surface area contributed by atoms with Crippen LogP contribution < -0.4 is 0 Å². The summed E-state index contributed by atoms with van der Waals surface area (Å²) in [5, 5.41) is 0. The second-order valence-corrected chi connectivity index (χ2v) is 5.18. The number of rotatable bonds is 3. The summed E-state index contributed by atoms with van der Waals surface area (Å²) in [6, 6.07) is 11.4. The van der Waals surface area contributed by atoms with Crippen molar-refractivity contribution in [3.05, 3.63) is 58.9 Å². The molecule has 0 saturated heterocycles. The van der Waals surface area contributed by atoms with Crippen LogP contribution in [0.2, 0.25) is 0 Å². The van der Waals surface area contributed by atoms with Crippen molar-refractivity contribution in [3.8, 4) is 0 Å². The molecule has 2 rings (SSSR count). The third-order valence-electron chi connectivity index (χ3n) is 2.15. The zero-order chi connectivity index (χ0) is 12.3. The summed E-state index contributed by atoms with van der Waals surface area (Å²) in [4.78, 5) is 4.11. The molecule has 0 aliphatic heterocycles. The van der Waals surface area contributed by atoms with Gasteiger partial charge in [0.1, 0.15) is 0 Å². The highest BCUT2D eigenvalue weighted by molar-refractivity contribution is 7.94. The molecule has 0 radical (unpaired) electrons. The second-order valence-electron chi connectivity index (χ2n) is 3.57. The highest BCUT2D eigenvalue weighted by Crippen LogP contribution is 2.25. The van der Waals surface area contributed by atoms with E-state index in [2.05, 4.69) is 9.71 Å². The molecule has 88 valence electrons. The lowest BCUT2D eigenvalue weighted by Crippen LogP contribution is -1.97. The standard InChI is InChI=1S/C12H11N2O2S/c1-10-7-8-12(13-9-10)14-17(15,16)11-5-3-2-4-6-11/h2-9H,1H3/q-1. The Hall–Kier alpha value is -1.88. The molecule has 2 aromatic rings. The smallest absolute Gasteiger partial charge is 0.202 e. The number of aryl methyl sites for hydroxylation is 1. The van der Waals surface area contributed by atoms with Crippen molar-refractivity contribution in [3.63, 3.8) is 0 Å². The molecule has 1 aromatic heterocycles. The van der Waals surface area contributed by atoms with Crippen LogP contribution in [0, 0.1) is 6.92 Å². The van der Waals surface area contributed by atoms with Crippen LogP contribution in [0.15, 0.2) is 53.6 Å². The normalized spacial score (nSPS) is 11.1. The molecule has 0 aliphatic carbocycles. The second kappa shape index (κ2) is 4.55. The molecule has 0 fully saturated rings. The van der Waals surface area contributed by atoms with E-state index >= 15 is 0 Å². The topological polar surface area (TPSA) is 61.1 Å². The third-order valence-corrected chi connectivity index (χ3v) is 3.45. The van der Waals surface area contributed by atoms with Crippen LogP contribution in [0.1, 0.15) is 5.56 Å². The molecule has 1 aromatic carbocycles. The van der Waals surface area contributed by atoms with Gasteiger partial charge in [0.2, 0.25) is 10.0 Å².